The lowest BCUT2D eigenvalue weighted by molar-refractivity contribution is -0.141. The molecule has 2 fully saturated rings. The fraction of sp³-hybridized carbons (Fsp3) is 0.417. The van der Waals surface area contributed by atoms with E-state index in [9.17, 15) is 14.7 Å². The highest BCUT2D eigenvalue weighted by atomic mass is 16.6. The van der Waals surface area contributed by atoms with Crippen LogP contribution in [0.15, 0.2) is 48.5 Å². The molecule has 150 valence electrons. The number of fused-ring (bicyclic) bond motifs is 3. The van der Waals surface area contributed by atoms with Gasteiger partial charge in [-0.1, -0.05) is 61.4 Å². The molecule has 1 atom stereocenters. The fourth-order valence-electron chi connectivity index (χ4n) is 5.63. The number of ether oxygens (including phenoxy) is 1. The normalized spacial score (nSPS) is 21.9. The van der Waals surface area contributed by atoms with Crippen LogP contribution in [0.2, 0.25) is 0 Å². The minimum absolute atomic E-state index is 0.0160. The molecule has 5 rings (SSSR count). The van der Waals surface area contributed by atoms with Crippen molar-refractivity contribution in [2.75, 3.05) is 13.2 Å². The highest BCUT2D eigenvalue weighted by Gasteiger charge is 2.50. The summed E-state index contributed by atoms with van der Waals surface area (Å²) < 4.78 is 5.73. The molecule has 1 saturated carbocycles. The molecular formula is C24H25NO4. The van der Waals surface area contributed by atoms with Crippen LogP contribution in [0, 0.1) is 5.41 Å². The van der Waals surface area contributed by atoms with Crippen molar-refractivity contribution in [2.45, 2.75) is 44.1 Å². The van der Waals surface area contributed by atoms with E-state index in [1.54, 1.807) is 0 Å². The van der Waals surface area contributed by atoms with Gasteiger partial charge in [-0.3, -0.25) is 4.90 Å². The molecule has 2 aromatic rings. The van der Waals surface area contributed by atoms with E-state index < -0.39 is 18.1 Å². The maximum atomic E-state index is 12.9. The summed E-state index contributed by atoms with van der Waals surface area (Å²) in [4.78, 5) is 26.2. The van der Waals surface area contributed by atoms with Gasteiger partial charge in [0.25, 0.3) is 0 Å². The second-order valence-corrected chi connectivity index (χ2v) is 8.70. The SMILES string of the molecule is O=C(O)[C@@H]1CC2(CCCC2)CN1C(=O)OCC1c2ccccc2-c2ccccc21. The molecule has 2 aliphatic carbocycles. The van der Waals surface area contributed by atoms with Crippen LogP contribution >= 0.6 is 0 Å². The van der Waals surface area contributed by atoms with Crippen molar-refractivity contribution < 1.29 is 19.4 Å². The van der Waals surface area contributed by atoms with Crippen molar-refractivity contribution in [2.24, 2.45) is 5.41 Å². The Balaban J connectivity index is 1.35. The van der Waals surface area contributed by atoms with Crippen molar-refractivity contribution in [1.29, 1.82) is 0 Å². The van der Waals surface area contributed by atoms with Crippen LogP contribution in [0.1, 0.15) is 49.1 Å². The molecule has 1 aliphatic heterocycles. The molecule has 5 nitrogen and oxygen atoms in total. The zero-order chi connectivity index (χ0) is 20.0. The molecule has 2 aromatic carbocycles. The lowest BCUT2D eigenvalue weighted by Gasteiger charge is -2.24. The second kappa shape index (κ2) is 6.90. The molecule has 5 heteroatoms. The van der Waals surface area contributed by atoms with Gasteiger partial charge in [0.1, 0.15) is 12.6 Å². The topological polar surface area (TPSA) is 66.8 Å². The molecule has 1 N–H and O–H groups in total. The predicted octanol–water partition coefficient (Wildman–Crippen LogP) is 4.65. The first-order valence-electron chi connectivity index (χ1n) is 10.4. The number of likely N-dealkylation sites (tertiary alicyclic amines) is 1. The number of aliphatic carboxylic acids is 1. The molecule has 0 radical (unpaired) electrons. The molecule has 29 heavy (non-hydrogen) atoms. The Morgan fingerprint density at radius 2 is 1.59 bits per heavy atom. The van der Waals surface area contributed by atoms with E-state index in [1.165, 1.54) is 16.0 Å². The number of amides is 1. The highest BCUT2D eigenvalue weighted by molar-refractivity contribution is 5.82. The summed E-state index contributed by atoms with van der Waals surface area (Å²) >= 11 is 0. The first kappa shape index (κ1) is 18.2. The number of benzene rings is 2. The molecule has 0 unspecified atom stereocenters. The summed E-state index contributed by atoms with van der Waals surface area (Å²) in [5.74, 6) is -0.944. The number of carbonyl (C=O) groups excluding carboxylic acids is 1. The van der Waals surface area contributed by atoms with Crippen LogP contribution in [0.5, 0.6) is 0 Å². The van der Waals surface area contributed by atoms with E-state index in [2.05, 4.69) is 24.3 Å². The number of carbonyl (C=O) groups is 2. The van der Waals surface area contributed by atoms with Crippen molar-refractivity contribution in [1.82, 2.24) is 4.90 Å². The summed E-state index contributed by atoms with van der Waals surface area (Å²) in [5, 5.41) is 9.67. The Kier molecular flexibility index (Phi) is 4.34. The average molecular weight is 391 g/mol. The predicted molar refractivity (Wildman–Crippen MR) is 109 cm³/mol. The molecule has 0 aromatic heterocycles. The van der Waals surface area contributed by atoms with E-state index in [0.29, 0.717) is 13.0 Å². The largest absolute Gasteiger partial charge is 0.480 e. The van der Waals surface area contributed by atoms with Crippen molar-refractivity contribution in [3.05, 3.63) is 59.7 Å². The van der Waals surface area contributed by atoms with Gasteiger partial charge >= 0.3 is 12.1 Å². The summed E-state index contributed by atoms with van der Waals surface area (Å²) in [6.45, 7) is 0.726. The van der Waals surface area contributed by atoms with Crippen LogP contribution in [-0.4, -0.2) is 41.3 Å². The Labute approximate surface area is 170 Å². The Morgan fingerprint density at radius 1 is 1.00 bits per heavy atom. The first-order valence-corrected chi connectivity index (χ1v) is 10.4. The molecule has 1 saturated heterocycles. The third kappa shape index (κ3) is 3.00. The van der Waals surface area contributed by atoms with Gasteiger partial charge in [0.15, 0.2) is 0 Å². The minimum atomic E-state index is -0.928. The summed E-state index contributed by atoms with van der Waals surface area (Å²) in [7, 11) is 0. The second-order valence-electron chi connectivity index (χ2n) is 8.70. The van der Waals surface area contributed by atoms with E-state index in [1.807, 2.05) is 24.3 Å². The van der Waals surface area contributed by atoms with Gasteiger partial charge in [0.05, 0.1) is 0 Å². The fourth-order valence-corrected chi connectivity index (χ4v) is 5.63. The molecule has 1 spiro atoms. The van der Waals surface area contributed by atoms with Crippen LogP contribution in [-0.2, 0) is 9.53 Å². The number of rotatable bonds is 3. The zero-order valence-electron chi connectivity index (χ0n) is 16.3. The number of carboxylic acids is 1. The quantitative estimate of drug-likeness (QED) is 0.827. The van der Waals surface area contributed by atoms with Crippen molar-refractivity contribution >= 4 is 12.1 Å². The monoisotopic (exact) mass is 391 g/mol. The lowest BCUT2D eigenvalue weighted by Crippen LogP contribution is -2.41. The first-order chi connectivity index (χ1) is 14.1. The van der Waals surface area contributed by atoms with Gasteiger partial charge in [-0.25, -0.2) is 9.59 Å². The number of hydrogen-bond donors (Lipinski definition) is 1. The molecular weight excluding hydrogens is 366 g/mol. The summed E-state index contributed by atoms with van der Waals surface area (Å²) in [5.41, 5.74) is 4.64. The lowest BCUT2D eigenvalue weighted by atomic mass is 9.84. The number of carboxylic acid groups (broad SMARTS) is 1. The Morgan fingerprint density at radius 3 is 2.17 bits per heavy atom. The van der Waals surface area contributed by atoms with Gasteiger partial charge in [0, 0.05) is 12.5 Å². The van der Waals surface area contributed by atoms with E-state index in [0.717, 1.165) is 36.8 Å². The van der Waals surface area contributed by atoms with Crippen LogP contribution in [0.25, 0.3) is 11.1 Å². The highest BCUT2D eigenvalue weighted by Crippen LogP contribution is 2.48. The standard InChI is InChI=1S/C24H25NO4/c26-22(27)21-13-24(11-5-6-12-24)15-25(21)23(28)29-14-20-18-9-3-1-7-16(18)17-8-2-4-10-19(17)20/h1-4,7-10,20-21H,5-6,11-15H2,(H,26,27)/t21-/m0/s1. The number of nitrogens with zero attached hydrogens (tertiary/aromatic N) is 1. The Bertz CT molecular complexity index is 917. The van der Waals surface area contributed by atoms with Crippen molar-refractivity contribution in [3.8, 4) is 11.1 Å². The van der Waals surface area contributed by atoms with E-state index in [4.69, 9.17) is 4.74 Å². The van der Waals surface area contributed by atoms with Crippen molar-refractivity contribution in [3.63, 3.8) is 0 Å². The van der Waals surface area contributed by atoms with Crippen LogP contribution in [0.4, 0.5) is 4.79 Å². The van der Waals surface area contributed by atoms with Crippen LogP contribution < -0.4 is 0 Å². The van der Waals surface area contributed by atoms with Gasteiger partial charge in [0.2, 0.25) is 0 Å². The van der Waals surface area contributed by atoms with E-state index in [-0.39, 0.29) is 17.9 Å². The van der Waals surface area contributed by atoms with Gasteiger partial charge in [-0.2, -0.15) is 0 Å². The maximum absolute atomic E-state index is 12.9. The summed E-state index contributed by atoms with van der Waals surface area (Å²) in [6, 6.07) is 15.6. The third-order valence-electron chi connectivity index (χ3n) is 7.03. The molecule has 3 aliphatic rings. The molecule has 0 bridgehead atoms. The zero-order valence-corrected chi connectivity index (χ0v) is 16.3. The van der Waals surface area contributed by atoms with Gasteiger partial charge in [-0.05, 0) is 46.9 Å². The maximum Gasteiger partial charge on any atom is 0.410 e. The Hall–Kier alpha value is -2.82. The average Bonchev–Trinajstić information content (AvgIpc) is 3.43. The van der Waals surface area contributed by atoms with Gasteiger partial charge < -0.3 is 9.84 Å². The van der Waals surface area contributed by atoms with Gasteiger partial charge in [-0.15, -0.1) is 0 Å². The molecule has 1 amide bonds. The minimum Gasteiger partial charge on any atom is -0.480 e. The number of hydrogen-bond acceptors (Lipinski definition) is 3. The third-order valence-corrected chi connectivity index (χ3v) is 7.03. The van der Waals surface area contributed by atoms with E-state index >= 15 is 0 Å². The summed E-state index contributed by atoms with van der Waals surface area (Å²) in [6.07, 6.45) is 4.29. The molecule has 1 heterocycles. The smallest absolute Gasteiger partial charge is 0.410 e. The van der Waals surface area contributed by atoms with Crippen LogP contribution in [0.3, 0.4) is 0 Å².